The lowest BCUT2D eigenvalue weighted by atomic mass is 10.0. The summed E-state index contributed by atoms with van der Waals surface area (Å²) < 4.78 is 0. The molecule has 0 aromatic heterocycles. The second kappa shape index (κ2) is 19.8. The number of aryl methyl sites for hydroxylation is 1. The van der Waals surface area contributed by atoms with E-state index in [4.69, 9.17) is 20.4 Å². The molecule has 0 unspecified atom stereocenters. The highest BCUT2D eigenvalue weighted by atomic mass is 16.3. The monoisotopic (exact) mass is 702 g/mol. The average Bonchev–Trinajstić information content (AvgIpc) is 3.21. The smallest absolute Gasteiger partial charge is 0.193 e. The molecule has 0 spiro atoms. The summed E-state index contributed by atoms with van der Waals surface area (Å²) in [6.45, 7) is 1.99. The van der Waals surface area contributed by atoms with Crippen LogP contribution in [0.4, 0.5) is 0 Å². The fourth-order valence-electron chi connectivity index (χ4n) is 4.65. The fourth-order valence-corrected chi connectivity index (χ4v) is 4.65. The van der Waals surface area contributed by atoms with Crippen LogP contribution >= 0.6 is 0 Å². The Bertz CT molecular complexity index is 1920. The lowest BCUT2D eigenvalue weighted by molar-refractivity contribution is 0.103. The van der Waals surface area contributed by atoms with Gasteiger partial charge in [0.05, 0.1) is 0 Å². The second-order valence-electron chi connectivity index (χ2n) is 11.6. The van der Waals surface area contributed by atoms with Crippen LogP contribution in [0.5, 0.6) is 23.0 Å². The van der Waals surface area contributed by atoms with E-state index in [1.807, 2.05) is 73.7 Å². The van der Waals surface area contributed by atoms with Gasteiger partial charge >= 0.3 is 0 Å². The minimum absolute atomic E-state index is 0.0319. The van der Waals surface area contributed by atoms with Gasteiger partial charge in [0.25, 0.3) is 0 Å². The van der Waals surface area contributed by atoms with Crippen LogP contribution in [0.2, 0.25) is 0 Å². The molecule has 7 nitrogen and oxygen atoms in total. The minimum atomic E-state index is -0.0319. The molecule has 0 amide bonds. The van der Waals surface area contributed by atoms with Gasteiger partial charge in [-0.05, 0) is 91.9 Å². The van der Waals surface area contributed by atoms with Crippen molar-refractivity contribution < 1.29 is 34.8 Å². The summed E-state index contributed by atoms with van der Waals surface area (Å²) in [5, 5.41) is 36.0. The second-order valence-corrected chi connectivity index (χ2v) is 11.6. The molecule has 0 aliphatic carbocycles. The summed E-state index contributed by atoms with van der Waals surface area (Å²) >= 11 is 0. The molecule has 0 saturated heterocycles. The van der Waals surface area contributed by atoms with Gasteiger partial charge in [-0.3, -0.25) is 14.4 Å². The molecule has 0 heterocycles. The summed E-state index contributed by atoms with van der Waals surface area (Å²) in [4.78, 5) is 35.6. The Hall–Kier alpha value is -7.25. The first-order valence-electron chi connectivity index (χ1n) is 16.5. The maximum Gasteiger partial charge on any atom is 0.193 e. The highest BCUT2D eigenvalue weighted by Gasteiger charge is 2.09. The number of hydrogen-bond donors (Lipinski definition) is 4. The van der Waals surface area contributed by atoms with Gasteiger partial charge in [0, 0.05) is 33.4 Å². The van der Waals surface area contributed by atoms with Gasteiger partial charge in [0.2, 0.25) is 0 Å². The topological polar surface area (TPSA) is 132 Å². The Balaban J connectivity index is 0.000000161. The first-order valence-corrected chi connectivity index (χ1v) is 16.5. The molecule has 7 aromatic rings. The van der Waals surface area contributed by atoms with Crippen LogP contribution in [0, 0.1) is 6.92 Å². The Labute approximate surface area is 308 Å². The maximum absolute atomic E-state index is 11.9. The van der Waals surface area contributed by atoms with Gasteiger partial charge < -0.3 is 20.4 Å². The van der Waals surface area contributed by atoms with Gasteiger partial charge in [-0.15, -0.1) is 0 Å². The molecule has 0 radical (unpaired) electrons. The van der Waals surface area contributed by atoms with Crippen molar-refractivity contribution in [1.29, 1.82) is 0 Å². The van der Waals surface area contributed by atoms with E-state index < -0.39 is 0 Å². The van der Waals surface area contributed by atoms with E-state index in [-0.39, 0.29) is 34.6 Å². The van der Waals surface area contributed by atoms with Crippen molar-refractivity contribution in [3.8, 4) is 23.0 Å². The molecule has 0 aliphatic rings. The number of ketones is 3. The third-order valence-electron chi connectivity index (χ3n) is 7.53. The third kappa shape index (κ3) is 12.5. The van der Waals surface area contributed by atoms with E-state index in [2.05, 4.69) is 0 Å². The van der Waals surface area contributed by atoms with Gasteiger partial charge in [-0.1, -0.05) is 109 Å². The third-order valence-corrected chi connectivity index (χ3v) is 7.53. The zero-order valence-electron chi connectivity index (χ0n) is 28.9. The van der Waals surface area contributed by atoms with Crippen molar-refractivity contribution in [2.45, 2.75) is 6.92 Å². The molecule has 0 aliphatic heterocycles. The van der Waals surface area contributed by atoms with E-state index in [1.165, 1.54) is 42.0 Å². The molecular weight excluding hydrogens is 664 g/mol. The van der Waals surface area contributed by atoms with E-state index in [9.17, 15) is 14.4 Å². The van der Waals surface area contributed by atoms with Crippen LogP contribution in [0.15, 0.2) is 188 Å². The lowest BCUT2D eigenvalue weighted by Crippen LogP contribution is -1.99. The highest BCUT2D eigenvalue weighted by Crippen LogP contribution is 2.16. The van der Waals surface area contributed by atoms with E-state index in [1.54, 1.807) is 84.9 Å². The summed E-state index contributed by atoms with van der Waals surface area (Å²) in [6, 6.07) is 53.1. The van der Waals surface area contributed by atoms with Crippen molar-refractivity contribution in [1.82, 2.24) is 0 Å². The molecule has 264 valence electrons. The largest absolute Gasteiger partial charge is 0.508 e. The Morgan fingerprint density at radius 1 is 0.283 bits per heavy atom. The zero-order chi connectivity index (χ0) is 38.0. The maximum atomic E-state index is 11.9. The molecule has 0 saturated carbocycles. The number of rotatable bonds is 6. The first-order chi connectivity index (χ1) is 25.6. The zero-order valence-corrected chi connectivity index (χ0v) is 28.9. The fraction of sp³-hybridized carbons (Fsp3) is 0.0217. The van der Waals surface area contributed by atoms with Crippen molar-refractivity contribution in [2.75, 3.05) is 0 Å². The molecule has 53 heavy (non-hydrogen) atoms. The normalized spacial score (nSPS) is 9.75. The first kappa shape index (κ1) is 38.6. The van der Waals surface area contributed by atoms with E-state index >= 15 is 0 Å². The predicted octanol–water partition coefficient (Wildman–Crippen LogP) is 9.57. The van der Waals surface area contributed by atoms with Gasteiger partial charge in [0.1, 0.15) is 23.0 Å². The van der Waals surface area contributed by atoms with Crippen LogP contribution in [-0.2, 0) is 0 Å². The summed E-state index contributed by atoms with van der Waals surface area (Å²) in [6.07, 6.45) is 0. The van der Waals surface area contributed by atoms with E-state index in [0.717, 1.165) is 0 Å². The lowest BCUT2D eigenvalue weighted by Gasteiger charge is -2.00. The molecule has 7 aromatic carbocycles. The molecule has 7 heteroatoms. The van der Waals surface area contributed by atoms with Gasteiger partial charge in [-0.2, -0.15) is 0 Å². The van der Waals surface area contributed by atoms with Crippen molar-refractivity contribution in [3.05, 3.63) is 227 Å². The number of hydrogen-bond acceptors (Lipinski definition) is 7. The van der Waals surface area contributed by atoms with Crippen LogP contribution in [0.3, 0.4) is 0 Å². The Morgan fingerprint density at radius 3 is 0.679 bits per heavy atom. The molecule has 0 atom stereocenters. The number of carbonyl (C=O) groups is 3. The van der Waals surface area contributed by atoms with Crippen LogP contribution in [0.25, 0.3) is 0 Å². The summed E-state index contributed by atoms with van der Waals surface area (Å²) in [5.74, 6) is 0.733. The summed E-state index contributed by atoms with van der Waals surface area (Å²) in [5.41, 5.74) is 4.88. The average molecular weight is 703 g/mol. The van der Waals surface area contributed by atoms with Crippen LogP contribution < -0.4 is 0 Å². The quantitative estimate of drug-likeness (QED) is 0.127. The van der Waals surface area contributed by atoms with Crippen molar-refractivity contribution in [2.24, 2.45) is 0 Å². The van der Waals surface area contributed by atoms with Crippen LogP contribution in [0.1, 0.15) is 53.3 Å². The van der Waals surface area contributed by atoms with Crippen molar-refractivity contribution in [3.63, 3.8) is 0 Å². The highest BCUT2D eigenvalue weighted by molar-refractivity contribution is 6.10. The number of phenols is 4. The SMILES string of the molecule is Cc1ccc(O)cc1.O=C(c1ccccc1)c1ccc(O)cc1.O=C(c1ccccc1)c1ccc(O)cc1.O=C(c1ccccc1)c1ccc(O)cc1. The van der Waals surface area contributed by atoms with Crippen LogP contribution in [-0.4, -0.2) is 37.8 Å². The van der Waals surface area contributed by atoms with Gasteiger partial charge in [0.15, 0.2) is 17.3 Å². The number of phenolic OH excluding ortho intramolecular Hbond substituents is 4. The van der Waals surface area contributed by atoms with Gasteiger partial charge in [-0.25, -0.2) is 0 Å². The molecule has 4 N–H and O–H groups in total. The molecule has 7 rings (SSSR count). The molecule has 0 bridgehead atoms. The predicted molar refractivity (Wildman–Crippen MR) is 207 cm³/mol. The minimum Gasteiger partial charge on any atom is -0.508 e. The number of benzene rings is 7. The molecular formula is C46H38O7. The van der Waals surface area contributed by atoms with Crippen molar-refractivity contribution >= 4 is 17.3 Å². The van der Waals surface area contributed by atoms with E-state index in [0.29, 0.717) is 39.1 Å². The summed E-state index contributed by atoms with van der Waals surface area (Å²) in [7, 11) is 0. The number of carbonyl (C=O) groups excluding carboxylic acids is 3. The Morgan fingerprint density at radius 2 is 0.472 bits per heavy atom. The Kier molecular flexibility index (Phi) is 14.4. The standard InChI is InChI=1S/3C13H10O2.C7H8O/c3*14-12-8-6-11(7-9-12)13(15)10-4-2-1-3-5-10;1-6-2-4-7(8)5-3-6/h3*1-9,14H;2-5,8H,1H3. The molecule has 0 fully saturated rings. The number of aromatic hydroxyl groups is 4.